The van der Waals surface area contributed by atoms with E-state index in [1.54, 1.807) is 17.0 Å². The lowest BCUT2D eigenvalue weighted by molar-refractivity contribution is -0.125. The summed E-state index contributed by atoms with van der Waals surface area (Å²) in [5, 5.41) is 1.05. The van der Waals surface area contributed by atoms with Gasteiger partial charge in [0, 0.05) is 31.2 Å². The Morgan fingerprint density at radius 2 is 1.58 bits per heavy atom. The van der Waals surface area contributed by atoms with Crippen molar-refractivity contribution in [3.05, 3.63) is 27.2 Å². The summed E-state index contributed by atoms with van der Waals surface area (Å²) in [5.41, 5.74) is 5.81. The third-order valence-electron chi connectivity index (χ3n) is 4.76. The molecule has 1 aromatic carbocycles. The molecule has 26 heavy (non-hydrogen) atoms. The number of carbonyl (C=O) groups excluding carboxylic acids is 2. The number of piperidine rings is 1. The molecular formula is C17H21Cl3N4O2. The summed E-state index contributed by atoms with van der Waals surface area (Å²) in [6.45, 7) is 2.73. The lowest BCUT2D eigenvalue weighted by atomic mass is 9.97. The van der Waals surface area contributed by atoms with Crippen molar-refractivity contribution >= 4 is 52.4 Å². The predicted molar refractivity (Wildman–Crippen MR) is 104 cm³/mol. The quantitative estimate of drug-likeness (QED) is 0.727. The third kappa shape index (κ3) is 4.48. The maximum Gasteiger partial charge on any atom is 0.320 e. The first kappa shape index (κ1) is 19.4. The molecule has 2 N–H and O–H groups in total. The Balaban J connectivity index is 1.57. The van der Waals surface area contributed by atoms with Crippen LogP contribution in [0.25, 0.3) is 0 Å². The first-order chi connectivity index (χ1) is 12.5. The third-order valence-corrected chi connectivity index (χ3v) is 5.57. The highest BCUT2D eigenvalue weighted by molar-refractivity contribution is 6.41. The van der Waals surface area contributed by atoms with E-state index in [0.29, 0.717) is 33.8 Å². The van der Waals surface area contributed by atoms with Gasteiger partial charge in [-0.25, -0.2) is 4.79 Å². The Bertz CT molecular complexity index is 672. The van der Waals surface area contributed by atoms with Crippen LogP contribution < -0.4 is 10.9 Å². The zero-order valence-electron chi connectivity index (χ0n) is 14.2. The number of likely N-dealkylation sites (tertiary alicyclic amines) is 2. The highest BCUT2D eigenvalue weighted by Crippen LogP contribution is 2.33. The largest absolute Gasteiger partial charge is 0.325 e. The number of carbonyl (C=O) groups is 2. The first-order valence-corrected chi connectivity index (χ1v) is 9.83. The van der Waals surface area contributed by atoms with Crippen LogP contribution in [0.5, 0.6) is 0 Å². The van der Waals surface area contributed by atoms with E-state index in [4.69, 9.17) is 34.8 Å². The molecular weight excluding hydrogens is 399 g/mol. The molecule has 2 aliphatic heterocycles. The molecule has 2 heterocycles. The minimum Gasteiger partial charge on any atom is -0.325 e. The number of hydrogen-bond donors (Lipinski definition) is 2. The maximum atomic E-state index is 12.5. The SMILES string of the molecule is O=C(NNc1c(Cl)cc(Cl)cc1Cl)[C@@H]1CCCN(C(=O)N2CCCC2)C1. The standard InChI is InChI=1S/C17H21Cl3N4O2/c18-12-8-13(19)15(14(20)9-12)21-22-16(25)11-4-3-7-24(10-11)17(26)23-5-1-2-6-23/h8-9,11,21H,1-7,10H2,(H,22,25)/t11-/m1/s1. The predicted octanol–water partition coefficient (Wildman–Crippen LogP) is 4.02. The van der Waals surface area contributed by atoms with Crippen LogP contribution in [0.1, 0.15) is 25.7 Å². The maximum absolute atomic E-state index is 12.5. The van der Waals surface area contributed by atoms with E-state index < -0.39 is 0 Å². The van der Waals surface area contributed by atoms with Crippen LogP contribution >= 0.6 is 34.8 Å². The molecule has 2 saturated heterocycles. The Morgan fingerprint density at radius 3 is 2.23 bits per heavy atom. The number of hydrogen-bond acceptors (Lipinski definition) is 3. The van der Waals surface area contributed by atoms with Crippen molar-refractivity contribution in [2.75, 3.05) is 31.6 Å². The number of benzene rings is 1. The van der Waals surface area contributed by atoms with E-state index >= 15 is 0 Å². The Morgan fingerprint density at radius 1 is 0.962 bits per heavy atom. The number of amides is 3. The Kier molecular flexibility index (Phi) is 6.37. The van der Waals surface area contributed by atoms with Gasteiger partial charge < -0.3 is 9.80 Å². The number of anilines is 1. The van der Waals surface area contributed by atoms with Gasteiger partial charge in [0.1, 0.15) is 0 Å². The van der Waals surface area contributed by atoms with Crippen LogP contribution in [0.15, 0.2) is 12.1 Å². The van der Waals surface area contributed by atoms with Crippen molar-refractivity contribution in [3.8, 4) is 0 Å². The van der Waals surface area contributed by atoms with Crippen LogP contribution in [0.4, 0.5) is 10.5 Å². The molecule has 0 spiro atoms. The summed E-state index contributed by atoms with van der Waals surface area (Å²) in [4.78, 5) is 28.7. The van der Waals surface area contributed by atoms with E-state index in [2.05, 4.69) is 10.9 Å². The molecule has 0 radical (unpaired) electrons. The van der Waals surface area contributed by atoms with Crippen LogP contribution in [0, 0.1) is 5.92 Å². The van der Waals surface area contributed by atoms with Crippen LogP contribution in [0.2, 0.25) is 15.1 Å². The number of urea groups is 1. The van der Waals surface area contributed by atoms with Gasteiger partial charge >= 0.3 is 6.03 Å². The van der Waals surface area contributed by atoms with Crippen molar-refractivity contribution < 1.29 is 9.59 Å². The summed E-state index contributed by atoms with van der Waals surface area (Å²) in [7, 11) is 0. The molecule has 3 rings (SSSR count). The summed E-state index contributed by atoms with van der Waals surface area (Å²) in [5.74, 6) is -0.460. The number of rotatable bonds is 3. The molecule has 6 nitrogen and oxygen atoms in total. The number of nitrogens with one attached hydrogen (secondary N) is 2. The lowest BCUT2D eigenvalue weighted by Gasteiger charge is -2.34. The van der Waals surface area contributed by atoms with Gasteiger partial charge in [0.15, 0.2) is 0 Å². The Hall–Kier alpha value is -1.37. The molecule has 3 amide bonds. The van der Waals surface area contributed by atoms with Crippen molar-refractivity contribution in [1.82, 2.24) is 15.2 Å². The number of hydrazine groups is 1. The topological polar surface area (TPSA) is 64.7 Å². The molecule has 0 aromatic heterocycles. The minimum absolute atomic E-state index is 0.0387. The van der Waals surface area contributed by atoms with Crippen LogP contribution in [0.3, 0.4) is 0 Å². The highest BCUT2D eigenvalue weighted by Gasteiger charge is 2.31. The highest BCUT2D eigenvalue weighted by atomic mass is 35.5. The van der Waals surface area contributed by atoms with Crippen molar-refractivity contribution in [2.45, 2.75) is 25.7 Å². The van der Waals surface area contributed by atoms with Gasteiger partial charge in [0.25, 0.3) is 0 Å². The van der Waals surface area contributed by atoms with Crippen LogP contribution in [-0.2, 0) is 4.79 Å². The van der Waals surface area contributed by atoms with Crippen LogP contribution in [-0.4, -0.2) is 47.9 Å². The molecule has 0 bridgehead atoms. The van der Waals surface area contributed by atoms with Gasteiger partial charge in [-0.2, -0.15) is 0 Å². The second-order valence-corrected chi connectivity index (χ2v) is 7.87. The molecule has 0 saturated carbocycles. The number of halogens is 3. The van der Waals surface area contributed by atoms with Gasteiger partial charge in [0.05, 0.1) is 21.7 Å². The summed E-state index contributed by atoms with van der Waals surface area (Å²) >= 11 is 18.1. The smallest absolute Gasteiger partial charge is 0.320 e. The average molecular weight is 420 g/mol. The molecule has 2 fully saturated rings. The molecule has 1 aromatic rings. The summed E-state index contributed by atoms with van der Waals surface area (Å²) in [6.07, 6.45) is 3.64. The second kappa shape index (κ2) is 8.55. The summed E-state index contributed by atoms with van der Waals surface area (Å²) < 4.78 is 0. The van der Waals surface area contributed by atoms with E-state index in [0.717, 1.165) is 38.8 Å². The summed E-state index contributed by atoms with van der Waals surface area (Å²) in [6, 6.07) is 3.12. The van der Waals surface area contributed by atoms with Crippen molar-refractivity contribution in [1.29, 1.82) is 0 Å². The minimum atomic E-state index is -0.271. The van der Waals surface area contributed by atoms with E-state index in [-0.39, 0.29) is 17.9 Å². The van der Waals surface area contributed by atoms with Gasteiger partial charge in [-0.05, 0) is 37.8 Å². The molecule has 0 aliphatic carbocycles. The zero-order chi connectivity index (χ0) is 18.7. The van der Waals surface area contributed by atoms with E-state index in [1.165, 1.54) is 0 Å². The average Bonchev–Trinajstić information content (AvgIpc) is 3.14. The molecule has 0 unspecified atom stereocenters. The van der Waals surface area contributed by atoms with E-state index in [9.17, 15) is 9.59 Å². The molecule has 2 aliphatic rings. The fourth-order valence-corrected chi connectivity index (χ4v) is 4.27. The molecule has 142 valence electrons. The fourth-order valence-electron chi connectivity index (χ4n) is 3.36. The van der Waals surface area contributed by atoms with Crippen molar-refractivity contribution in [3.63, 3.8) is 0 Å². The van der Waals surface area contributed by atoms with Crippen molar-refractivity contribution in [2.24, 2.45) is 5.92 Å². The molecule has 1 atom stereocenters. The van der Waals surface area contributed by atoms with Gasteiger partial charge in [-0.1, -0.05) is 34.8 Å². The normalized spacial score (nSPS) is 20.2. The zero-order valence-corrected chi connectivity index (χ0v) is 16.5. The lowest BCUT2D eigenvalue weighted by Crippen LogP contribution is -2.50. The monoisotopic (exact) mass is 418 g/mol. The van der Waals surface area contributed by atoms with Gasteiger partial charge in [0.2, 0.25) is 5.91 Å². The second-order valence-electron chi connectivity index (χ2n) is 6.62. The van der Waals surface area contributed by atoms with E-state index in [1.807, 2.05) is 4.90 Å². The first-order valence-electron chi connectivity index (χ1n) is 8.70. The van der Waals surface area contributed by atoms with Gasteiger partial charge in [-0.15, -0.1) is 0 Å². The fraction of sp³-hybridized carbons (Fsp3) is 0.529. The number of nitrogens with zero attached hydrogens (tertiary/aromatic N) is 2. The molecule has 9 heteroatoms. The van der Waals surface area contributed by atoms with Gasteiger partial charge in [-0.3, -0.25) is 15.6 Å². The Labute approximate surface area is 167 Å².